The highest BCUT2D eigenvalue weighted by atomic mass is 35.5. The molecular formula is C16H23ClN2OS. The van der Waals surface area contributed by atoms with Gasteiger partial charge < -0.3 is 10.2 Å². The van der Waals surface area contributed by atoms with E-state index < -0.39 is 0 Å². The first-order valence-electron chi connectivity index (χ1n) is 7.45. The van der Waals surface area contributed by atoms with Gasteiger partial charge in [-0.3, -0.25) is 4.79 Å². The van der Waals surface area contributed by atoms with Crippen LogP contribution < -0.4 is 5.32 Å². The SMILES string of the molecule is CNCC1CCCN(C(=O)C(C)Sc2ccc(Cl)cc2)C1. The Morgan fingerprint density at radius 2 is 2.19 bits per heavy atom. The van der Waals surface area contributed by atoms with E-state index in [2.05, 4.69) is 5.32 Å². The number of nitrogens with zero attached hydrogens (tertiary/aromatic N) is 1. The molecule has 2 unspecified atom stereocenters. The van der Waals surface area contributed by atoms with Crippen LogP contribution in [-0.2, 0) is 4.79 Å². The molecule has 1 fully saturated rings. The predicted octanol–water partition coefficient (Wildman–Crippen LogP) is 3.28. The zero-order valence-electron chi connectivity index (χ0n) is 12.6. The molecule has 21 heavy (non-hydrogen) atoms. The molecule has 1 aliphatic rings. The normalized spacial score (nSPS) is 20.3. The van der Waals surface area contributed by atoms with Crippen molar-refractivity contribution in [2.75, 3.05) is 26.7 Å². The molecule has 0 spiro atoms. The van der Waals surface area contributed by atoms with E-state index in [4.69, 9.17) is 11.6 Å². The Kier molecular flexibility index (Phi) is 6.40. The summed E-state index contributed by atoms with van der Waals surface area (Å²) in [6.45, 7) is 4.75. The molecule has 0 saturated carbocycles. The Labute approximate surface area is 136 Å². The molecule has 1 saturated heterocycles. The van der Waals surface area contributed by atoms with Gasteiger partial charge in [0, 0.05) is 23.0 Å². The monoisotopic (exact) mass is 326 g/mol. The second-order valence-electron chi connectivity index (χ2n) is 5.56. The summed E-state index contributed by atoms with van der Waals surface area (Å²) in [4.78, 5) is 15.7. The third-order valence-corrected chi connectivity index (χ3v) is 5.15. The van der Waals surface area contributed by atoms with Gasteiger partial charge in [-0.25, -0.2) is 0 Å². The third-order valence-electron chi connectivity index (χ3n) is 3.80. The minimum atomic E-state index is -0.0560. The van der Waals surface area contributed by atoms with Gasteiger partial charge in [0.2, 0.25) is 5.91 Å². The van der Waals surface area contributed by atoms with Crippen LogP contribution >= 0.6 is 23.4 Å². The van der Waals surface area contributed by atoms with E-state index in [-0.39, 0.29) is 11.2 Å². The van der Waals surface area contributed by atoms with Gasteiger partial charge in [0.05, 0.1) is 5.25 Å². The van der Waals surface area contributed by atoms with Crippen LogP contribution in [0.5, 0.6) is 0 Å². The summed E-state index contributed by atoms with van der Waals surface area (Å²) in [7, 11) is 1.97. The molecule has 5 heteroatoms. The minimum Gasteiger partial charge on any atom is -0.341 e. The molecule has 1 heterocycles. The Hall–Kier alpha value is -0.710. The number of thioether (sulfide) groups is 1. The fraction of sp³-hybridized carbons (Fsp3) is 0.562. The zero-order valence-corrected chi connectivity index (χ0v) is 14.2. The van der Waals surface area contributed by atoms with Crippen LogP contribution in [0.1, 0.15) is 19.8 Å². The number of hydrogen-bond acceptors (Lipinski definition) is 3. The fourth-order valence-corrected chi connectivity index (χ4v) is 3.82. The summed E-state index contributed by atoms with van der Waals surface area (Å²) in [5, 5.41) is 3.89. The number of halogens is 1. The quantitative estimate of drug-likeness (QED) is 0.843. The van der Waals surface area contributed by atoms with Crippen molar-refractivity contribution in [2.45, 2.75) is 29.9 Å². The summed E-state index contributed by atoms with van der Waals surface area (Å²) in [6, 6.07) is 7.67. The van der Waals surface area contributed by atoms with Crippen molar-refractivity contribution in [1.82, 2.24) is 10.2 Å². The average Bonchev–Trinajstić information content (AvgIpc) is 2.49. The molecule has 1 aromatic rings. The molecule has 2 rings (SSSR count). The van der Waals surface area contributed by atoms with Crippen molar-refractivity contribution in [3.8, 4) is 0 Å². The lowest BCUT2D eigenvalue weighted by Crippen LogP contribution is -2.45. The second-order valence-corrected chi connectivity index (χ2v) is 7.41. The van der Waals surface area contributed by atoms with Gasteiger partial charge in [0.25, 0.3) is 0 Å². The topological polar surface area (TPSA) is 32.3 Å². The number of carbonyl (C=O) groups is 1. The molecule has 0 radical (unpaired) electrons. The smallest absolute Gasteiger partial charge is 0.235 e. The number of piperidine rings is 1. The molecule has 2 atom stereocenters. The van der Waals surface area contributed by atoms with Crippen LogP contribution in [0, 0.1) is 5.92 Å². The van der Waals surface area contributed by atoms with Crippen LogP contribution in [0.4, 0.5) is 0 Å². The van der Waals surface area contributed by atoms with E-state index >= 15 is 0 Å². The number of likely N-dealkylation sites (tertiary alicyclic amines) is 1. The van der Waals surface area contributed by atoms with Crippen molar-refractivity contribution >= 4 is 29.3 Å². The summed E-state index contributed by atoms with van der Waals surface area (Å²) in [5.41, 5.74) is 0. The standard InChI is InChI=1S/C16H23ClN2OS/c1-12(21-15-7-5-14(17)6-8-15)16(20)19-9-3-4-13(11-19)10-18-2/h5-8,12-13,18H,3-4,9-11H2,1-2H3. The first-order valence-corrected chi connectivity index (χ1v) is 8.71. The zero-order chi connectivity index (χ0) is 15.2. The van der Waals surface area contributed by atoms with Crippen LogP contribution in [0.2, 0.25) is 5.02 Å². The van der Waals surface area contributed by atoms with Gasteiger partial charge in [-0.1, -0.05) is 11.6 Å². The molecule has 116 valence electrons. The Bertz CT molecular complexity index is 464. The summed E-state index contributed by atoms with van der Waals surface area (Å²) >= 11 is 7.49. The second kappa shape index (κ2) is 8.06. The Morgan fingerprint density at radius 1 is 1.48 bits per heavy atom. The maximum absolute atomic E-state index is 12.6. The summed E-state index contributed by atoms with van der Waals surface area (Å²) in [5.74, 6) is 0.830. The van der Waals surface area contributed by atoms with E-state index in [1.807, 2.05) is 43.1 Å². The van der Waals surface area contributed by atoms with Crippen LogP contribution in [-0.4, -0.2) is 42.7 Å². The number of benzene rings is 1. The lowest BCUT2D eigenvalue weighted by molar-refractivity contribution is -0.132. The van der Waals surface area contributed by atoms with Gasteiger partial charge in [0.1, 0.15) is 0 Å². The maximum Gasteiger partial charge on any atom is 0.235 e. The van der Waals surface area contributed by atoms with Crippen molar-refractivity contribution in [2.24, 2.45) is 5.92 Å². The predicted molar refractivity (Wildman–Crippen MR) is 90.0 cm³/mol. The van der Waals surface area contributed by atoms with Gasteiger partial charge in [-0.05, 0) is 63.5 Å². The lowest BCUT2D eigenvalue weighted by atomic mass is 9.98. The highest BCUT2D eigenvalue weighted by Crippen LogP contribution is 2.27. The molecule has 0 aromatic heterocycles. The number of nitrogens with one attached hydrogen (secondary N) is 1. The number of rotatable bonds is 5. The molecule has 0 aliphatic carbocycles. The number of hydrogen-bond donors (Lipinski definition) is 1. The molecule has 1 amide bonds. The van der Waals surface area contributed by atoms with E-state index in [1.165, 1.54) is 6.42 Å². The minimum absolute atomic E-state index is 0.0560. The van der Waals surface area contributed by atoms with Crippen LogP contribution in [0.25, 0.3) is 0 Å². The maximum atomic E-state index is 12.6. The van der Waals surface area contributed by atoms with Crippen LogP contribution in [0.15, 0.2) is 29.2 Å². The molecule has 1 aliphatic heterocycles. The molecular weight excluding hydrogens is 304 g/mol. The molecule has 1 aromatic carbocycles. The first kappa shape index (κ1) is 16.7. The van der Waals surface area contributed by atoms with Gasteiger partial charge >= 0.3 is 0 Å². The average molecular weight is 327 g/mol. The first-order chi connectivity index (χ1) is 10.1. The third kappa shape index (κ3) is 4.90. The van der Waals surface area contributed by atoms with Crippen molar-refractivity contribution in [3.63, 3.8) is 0 Å². The summed E-state index contributed by atoms with van der Waals surface area (Å²) < 4.78 is 0. The van der Waals surface area contributed by atoms with Crippen molar-refractivity contribution in [1.29, 1.82) is 0 Å². The Morgan fingerprint density at radius 3 is 2.86 bits per heavy atom. The van der Waals surface area contributed by atoms with Gasteiger partial charge in [-0.15, -0.1) is 11.8 Å². The highest BCUT2D eigenvalue weighted by molar-refractivity contribution is 8.00. The summed E-state index contributed by atoms with van der Waals surface area (Å²) in [6.07, 6.45) is 2.32. The Balaban J connectivity index is 1.90. The lowest BCUT2D eigenvalue weighted by Gasteiger charge is -2.34. The number of amides is 1. The fourth-order valence-electron chi connectivity index (χ4n) is 2.75. The van der Waals surface area contributed by atoms with Gasteiger partial charge in [0.15, 0.2) is 0 Å². The van der Waals surface area contributed by atoms with E-state index in [0.717, 1.165) is 36.0 Å². The molecule has 3 nitrogen and oxygen atoms in total. The molecule has 0 bridgehead atoms. The van der Waals surface area contributed by atoms with E-state index in [0.29, 0.717) is 5.92 Å². The van der Waals surface area contributed by atoms with Crippen molar-refractivity contribution < 1.29 is 4.79 Å². The molecule has 1 N–H and O–H groups in total. The van der Waals surface area contributed by atoms with E-state index in [1.54, 1.807) is 11.8 Å². The number of carbonyl (C=O) groups excluding carboxylic acids is 1. The van der Waals surface area contributed by atoms with Crippen molar-refractivity contribution in [3.05, 3.63) is 29.3 Å². The highest BCUT2D eigenvalue weighted by Gasteiger charge is 2.26. The largest absolute Gasteiger partial charge is 0.341 e. The van der Waals surface area contributed by atoms with Gasteiger partial charge in [-0.2, -0.15) is 0 Å². The van der Waals surface area contributed by atoms with Crippen LogP contribution in [0.3, 0.4) is 0 Å². The van der Waals surface area contributed by atoms with E-state index in [9.17, 15) is 4.79 Å².